The molecule has 2 heterocycles. The molecule has 0 aliphatic carbocycles. The fraction of sp³-hybridized carbons (Fsp3) is 0.133. The van der Waals surface area contributed by atoms with Crippen molar-refractivity contribution in [2.75, 3.05) is 5.06 Å². The van der Waals surface area contributed by atoms with Crippen LogP contribution in [0, 0.1) is 11.3 Å². The third-order valence-corrected chi connectivity index (χ3v) is 3.32. The number of para-hydroxylation sites is 1. The number of carbonyl (C=O) groups is 1. The lowest BCUT2D eigenvalue weighted by molar-refractivity contribution is -0.125. The second-order valence-electron chi connectivity index (χ2n) is 4.82. The number of hydrogen-bond acceptors (Lipinski definition) is 6. The molecule has 0 spiro atoms. The van der Waals surface area contributed by atoms with Crippen molar-refractivity contribution >= 4 is 11.7 Å². The average Bonchev–Trinajstić information content (AvgIpc) is 2.53. The van der Waals surface area contributed by atoms with Crippen molar-refractivity contribution in [3.05, 3.63) is 47.7 Å². The van der Waals surface area contributed by atoms with Crippen LogP contribution in [0.4, 0.5) is 5.82 Å². The second-order valence-corrected chi connectivity index (χ2v) is 4.82. The van der Waals surface area contributed by atoms with Crippen molar-refractivity contribution in [2.45, 2.75) is 12.5 Å². The van der Waals surface area contributed by atoms with Gasteiger partial charge in [0, 0.05) is 12.0 Å². The summed E-state index contributed by atoms with van der Waals surface area (Å²) in [5, 5.41) is 19.2. The lowest BCUT2D eigenvalue weighted by atomic mass is 10.0. The van der Waals surface area contributed by atoms with Crippen LogP contribution in [0.5, 0.6) is 11.5 Å². The molecule has 22 heavy (non-hydrogen) atoms. The minimum Gasteiger partial charge on any atom is -0.454 e. The van der Waals surface area contributed by atoms with E-state index in [9.17, 15) is 10.0 Å². The van der Waals surface area contributed by atoms with E-state index in [-0.39, 0.29) is 12.2 Å². The van der Waals surface area contributed by atoms with E-state index in [0.29, 0.717) is 27.7 Å². The Morgan fingerprint density at radius 3 is 3.00 bits per heavy atom. The molecule has 1 amide bonds. The first-order valence-corrected chi connectivity index (χ1v) is 6.54. The lowest BCUT2D eigenvalue weighted by Gasteiger charge is -2.26. The number of amides is 1. The van der Waals surface area contributed by atoms with E-state index in [1.165, 1.54) is 6.20 Å². The first kappa shape index (κ1) is 14.0. The normalized spacial score (nSPS) is 16.9. The van der Waals surface area contributed by atoms with Crippen LogP contribution in [0.2, 0.25) is 0 Å². The highest BCUT2D eigenvalue weighted by Gasteiger charge is 2.31. The van der Waals surface area contributed by atoms with E-state index in [2.05, 4.69) is 4.98 Å². The summed E-state index contributed by atoms with van der Waals surface area (Å²) in [5.74, 6) is 0.358. The SMILES string of the molecule is N#Cc1ccccc1Oc1cnc2c(c1)C[C@H](N)C(=O)N2O. The van der Waals surface area contributed by atoms with Crippen LogP contribution < -0.4 is 15.5 Å². The molecule has 2 aromatic rings. The van der Waals surface area contributed by atoms with Gasteiger partial charge in [0.05, 0.1) is 17.8 Å². The number of pyridine rings is 1. The topological polar surface area (TPSA) is 112 Å². The minimum absolute atomic E-state index is 0.146. The number of nitrogens with two attached hydrogens (primary N) is 1. The van der Waals surface area contributed by atoms with Gasteiger partial charge >= 0.3 is 0 Å². The maximum absolute atomic E-state index is 11.6. The molecule has 1 aliphatic heterocycles. The van der Waals surface area contributed by atoms with Gasteiger partial charge in [-0.15, -0.1) is 0 Å². The number of nitrogens with zero attached hydrogens (tertiary/aromatic N) is 3. The van der Waals surface area contributed by atoms with Gasteiger partial charge in [0.2, 0.25) is 0 Å². The van der Waals surface area contributed by atoms with E-state index in [1.807, 2.05) is 6.07 Å². The van der Waals surface area contributed by atoms with Gasteiger partial charge in [-0.05, 0) is 18.2 Å². The van der Waals surface area contributed by atoms with Crippen molar-refractivity contribution in [3.63, 3.8) is 0 Å². The van der Waals surface area contributed by atoms with Crippen LogP contribution in [-0.4, -0.2) is 22.1 Å². The summed E-state index contributed by atoms with van der Waals surface area (Å²) in [6.07, 6.45) is 1.63. The number of hydroxylamine groups is 1. The zero-order valence-corrected chi connectivity index (χ0v) is 11.4. The number of anilines is 1. The van der Waals surface area contributed by atoms with Crippen molar-refractivity contribution in [3.8, 4) is 17.6 Å². The van der Waals surface area contributed by atoms with Gasteiger partial charge in [-0.1, -0.05) is 12.1 Å². The van der Waals surface area contributed by atoms with E-state index in [1.54, 1.807) is 30.3 Å². The monoisotopic (exact) mass is 296 g/mol. The second kappa shape index (κ2) is 5.44. The Bertz CT molecular complexity index is 785. The van der Waals surface area contributed by atoms with Gasteiger partial charge in [0.25, 0.3) is 5.91 Å². The summed E-state index contributed by atoms with van der Waals surface area (Å²) in [4.78, 5) is 15.6. The maximum atomic E-state index is 11.6. The van der Waals surface area contributed by atoms with E-state index in [0.717, 1.165) is 0 Å². The van der Waals surface area contributed by atoms with Gasteiger partial charge in [0.15, 0.2) is 5.82 Å². The van der Waals surface area contributed by atoms with Crippen molar-refractivity contribution in [1.82, 2.24) is 4.98 Å². The number of nitriles is 1. The number of benzene rings is 1. The number of aromatic nitrogens is 1. The molecule has 0 fully saturated rings. The standard InChI is InChI=1S/C15H12N4O3/c16-7-9-3-1-2-4-13(9)22-11-5-10-6-12(17)15(20)19(21)14(10)18-8-11/h1-5,8,12,21H,6,17H2/t12-/m0/s1. The van der Waals surface area contributed by atoms with E-state index in [4.69, 9.17) is 15.7 Å². The average molecular weight is 296 g/mol. The third-order valence-electron chi connectivity index (χ3n) is 3.32. The number of ether oxygens (including phenoxy) is 1. The van der Waals surface area contributed by atoms with Crippen LogP contribution in [0.3, 0.4) is 0 Å². The highest BCUT2D eigenvalue weighted by atomic mass is 16.5. The van der Waals surface area contributed by atoms with Crippen LogP contribution >= 0.6 is 0 Å². The Morgan fingerprint density at radius 1 is 1.45 bits per heavy atom. The quantitative estimate of drug-likeness (QED) is 0.809. The van der Waals surface area contributed by atoms with Crippen molar-refractivity contribution < 1.29 is 14.7 Å². The third kappa shape index (κ3) is 2.37. The molecule has 0 bridgehead atoms. The van der Waals surface area contributed by atoms with E-state index < -0.39 is 11.9 Å². The molecule has 0 radical (unpaired) electrons. The fourth-order valence-corrected chi connectivity index (χ4v) is 2.24. The maximum Gasteiger partial charge on any atom is 0.269 e. The molecule has 7 nitrogen and oxygen atoms in total. The van der Waals surface area contributed by atoms with Crippen LogP contribution in [-0.2, 0) is 11.2 Å². The number of rotatable bonds is 2. The first-order valence-electron chi connectivity index (χ1n) is 6.54. The summed E-state index contributed by atoms with van der Waals surface area (Å²) >= 11 is 0. The van der Waals surface area contributed by atoms with E-state index >= 15 is 0 Å². The Labute approximate surface area is 126 Å². The highest BCUT2D eigenvalue weighted by Crippen LogP contribution is 2.30. The van der Waals surface area contributed by atoms with Gasteiger partial charge < -0.3 is 10.5 Å². The van der Waals surface area contributed by atoms with Crippen LogP contribution in [0.1, 0.15) is 11.1 Å². The number of carbonyl (C=O) groups excluding carboxylic acids is 1. The lowest BCUT2D eigenvalue weighted by Crippen LogP contribution is -2.47. The van der Waals surface area contributed by atoms with Crippen LogP contribution in [0.25, 0.3) is 0 Å². The summed E-state index contributed by atoms with van der Waals surface area (Å²) in [7, 11) is 0. The summed E-state index contributed by atoms with van der Waals surface area (Å²) in [6.45, 7) is 0. The first-order chi connectivity index (χ1) is 10.6. The molecule has 0 unspecified atom stereocenters. The summed E-state index contributed by atoms with van der Waals surface area (Å²) in [5.41, 5.74) is 6.67. The molecule has 1 aromatic heterocycles. The molecule has 3 N–H and O–H groups in total. The molecule has 1 aromatic carbocycles. The van der Waals surface area contributed by atoms with Crippen molar-refractivity contribution in [1.29, 1.82) is 5.26 Å². The Hall–Kier alpha value is -2.95. The zero-order chi connectivity index (χ0) is 15.7. The summed E-state index contributed by atoms with van der Waals surface area (Å²) in [6, 6.07) is 9.68. The van der Waals surface area contributed by atoms with Crippen LogP contribution in [0.15, 0.2) is 36.5 Å². The predicted molar refractivity (Wildman–Crippen MR) is 76.4 cm³/mol. The molecule has 0 saturated carbocycles. The largest absolute Gasteiger partial charge is 0.454 e. The fourth-order valence-electron chi connectivity index (χ4n) is 2.24. The smallest absolute Gasteiger partial charge is 0.269 e. The Kier molecular flexibility index (Phi) is 3.47. The molecule has 7 heteroatoms. The molecule has 0 saturated heterocycles. The van der Waals surface area contributed by atoms with Gasteiger partial charge in [0.1, 0.15) is 17.6 Å². The number of fused-ring (bicyclic) bond motifs is 1. The zero-order valence-electron chi connectivity index (χ0n) is 11.4. The molecule has 110 valence electrons. The summed E-state index contributed by atoms with van der Waals surface area (Å²) < 4.78 is 5.65. The molecular weight excluding hydrogens is 284 g/mol. The number of hydrogen-bond donors (Lipinski definition) is 2. The van der Waals surface area contributed by atoms with Gasteiger partial charge in [-0.2, -0.15) is 10.3 Å². The molecule has 1 atom stereocenters. The Balaban J connectivity index is 1.93. The minimum atomic E-state index is -0.819. The van der Waals surface area contributed by atoms with Gasteiger partial charge in [-0.25, -0.2) is 4.98 Å². The molecule has 3 rings (SSSR count). The van der Waals surface area contributed by atoms with Crippen molar-refractivity contribution in [2.24, 2.45) is 5.73 Å². The highest BCUT2D eigenvalue weighted by molar-refractivity contribution is 5.97. The molecule has 1 aliphatic rings. The Morgan fingerprint density at radius 2 is 2.23 bits per heavy atom. The van der Waals surface area contributed by atoms with Gasteiger partial charge in [-0.3, -0.25) is 10.0 Å². The molecular formula is C15H12N4O3. The predicted octanol–water partition coefficient (Wildman–Crippen LogP) is 1.35.